The molecular weight excluding hydrogens is 576 g/mol. The summed E-state index contributed by atoms with van der Waals surface area (Å²) in [6.45, 7) is 0. The second-order valence-electron chi connectivity index (χ2n) is 10.2. The zero-order valence-electron chi connectivity index (χ0n) is 21.8. The molecule has 0 saturated heterocycles. The van der Waals surface area contributed by atoms with Gasteiger partial charge in [-0.1, -0.05) is 54.6 Å². The highest BCUT2D eigenvalue weighted by molar-refractivity contribution is 6.12. The number of rotatable bonds is 3. The summed E-state index contributed by atoms with van der Waals surface area (Å²) >= 11 is 0. The fraction of sp³-hybridized carbons (Fsp3) is 0.0909. The van der Waals surface area contributed by atoms with Crippen molar-refractivity contribution in [2.24, 2.45) is 0 Å². The van der Waals surface area contributed by atoms with E-state index < -0.39 is 41.2 Å². The van der Waals surface area contributed by atoms with Crippen LogP contribution < -0.4 is 0 Å². The maximum absolute atomic E-state index is 14.4. The Hall–Kier alpha value is -4.86. The summed E-state index contributed by atoms with van der Waals surface area (Å²) in [5.74, 6) is 0. The predicted molar refractivity (Wildman–Crippen MR) is 150 cm³/mol. The minimum absolute atomic E-state index is 0.0995. The first-order valence-corrected chi connectivity index (χ1v) is 13.1. The van der Waals surface area contributed by atoms with E-state index in [9.17, 15) is 35.1 Å². The normalized spacial score (nSPS) is 12.9. The van der Waals surface area contributed by atoms with Crippen LogP contribution in [0.25, 0.3) is 55.0 Å². The number of para-hydroxylation sites is 3. The van der Waals surface area contributed by atoms with E-state index in [1.807, 2.05) is 53.1 Å². The minimum atomic E-state index is -5.36. The molecule has 2 nitrogen and oxygen atoms in total. The molecule has 0 saturated carbocycles. The van der Waals surface area contributed by atoms with Crippen LogP contribution in [0.4, 0.5) is 35.1 Å². The summed E-state index contributed by atoms with van der Waals surface area (Å²) in [6.07, 6.45) is -14.2. The van der Waals surface area contributed by atoms with Crippen molar-refractivity contribution in [2.45, 2.75) is 18.8 Å². The summed E-state index contributed by atoms with van der Waals surface area (Å²) in [6, 6.07) is 26.7. The first kappa shape index (κ1) is 27.0. The van der Waals surface area contributed by atoms with Crippen LogP contribution in [0.3, 0.4) is 0 Å². The second-order valence-corrected chi connectivity index (χ2v) is 10.2. The summed E-state index contributed by atoms with van der Waals surface area (Å²) in [5.41, 5.74) is -3.28. The van der Waals surface area contributed by atoms with Gasteiger partial charge in [-0.05, 0) is 48.5 Å². The van der Waals surface area contributed by atoms with Gasteiger partial charge in [-0.25, -0.2) is 8.78 Å². The Morgan fingerprint density at radius 1 is 0.488 bits per heavy atom. The molecule has 0 aliphatic rings. The average molecular weight is 595 g/mol. The van der Waals surface area contributed by atoms with Crippen LogP contribution in [0.2, 0.25) is 0 Å². The van der Waals surface area contributed by atoms with Gasteiger partial charge < -0.3 is 9.13 Å². The lowest BCUT2D eigenvalue weighted by molar-refractivity contribution is -0.143. The lowest BCUT2D eigenvalue weighted by Crippen LogP contribution is -2.17. The van der Waals surface area contributed by atoms with Crippen LogP contribution >= 0.6 is 0 Å². The number of halogens is 8. The summed E-state index contributed by atoms with van der Waals surface area (Å²) < 4.78 is 115. The number of hydrogen-bond acceptors (Lipinski definition) is 0. The van der Waals surface area contributed by atoms with Crippen molar-refractivity contribution in [3.8, 4) is 11.4 Å². The highest BCUT2D eigenvalue weighted by atomic mass is 19.4. The van der Waals surface area contributed by atoms with Gasteiger partial charge in [-0.2, -0.15) is 26.3 Å². The Bertz CT molecular complexity index is 2150. The topological polar surface area (TPSA) is 9.86 Å². The summed E-state index contributed by atoms with van der Waals surface area (Å²) in [5, 5.41) is 2.88. The smallest absolute Gasteiger partial charge is 0.309 e. The number of fused-ring (bicyclic) bond motifs is 6. The molecule has 2 aromatic heterocycles. The molecule has 0 radical (unpaired) electrons. The molecule has 0 atom stereocenters. The maximum Gasteiger partial charge on any atom is 0.418 e. The molecule has 7 rings (SSSR count). The molecule has 10 heteroatoms. The quantitative estimate of drug-likeness (QED) is 0.180. The largest absolute Gasteiger partial charge is 0.418 e. The molecule has 0 unspecified atom stereocenters. The molecule has 0 N–H and O–H groups in total. The van der Waals surface area contributed by atoms with Crippen LogP contribution in [-0.2, 0) is 12.4 Å². The Morgan fingerprint density at radius 2 is 0.977 bits per heavy atom. The van der Waals surface area contributed by atoms with Gasteiger partial charge in [0.05, 0.1) is 38.9 Å². The van der Waals surface area contributed by atoms with Gasteiger partial charge in [0, 0.05) is 32.8 Å². The zero-order valence-corrected chi connectivity index (χ0v) is 21.8. The van der Waals surface area contributed by atoms with E-state index in [1.54, 1.807) is 24.3 Å². The van der Waals surface area contributed by atoms with Crippen LogP contribution in [0.5, 0.6) is 0 Å². The molecular formula is C33H18F8N2. The van der Waals surface area contributed by atoms with E-state index in [2.05, 4.69) is 0 Å². The summed E-state index contributed by atoms with van der Waals surface area (Å²) in [4.78, 5) is 0. The molecule has 2 heterocycles. The molecule has 7 aromatic rings. The van der Waals surface area contributed by atoms with Crippen LogP contribution in [0.15, 0.2) is 103 Å². The predicted octanol–water partition coefficient (Wildman–Crippen LogP) is 10.9. The molecule has 43 heavy (non-hydrogen) atoms. The van der Waals surface area contributed by atoms with E-state index in [4.69, 9.17) is 0 Å². The van der Waals surface area contributed by atoms with E-state index in [1.165, 1.54) is 18.2 Å². The number of alkyl halides is 8. The Morgan fingerprint density at radius 3 is 1.49 bits per heavy atom. The van der Waals surface area contributed by atoms with Gasteiger partial charge in [-0.15, -0.1) is 0 Å². The molecule has 0 amide bonds. The third kappa shape index (κ3) is 4.15. The lowest BCUT2D eigenvalue weighted by atomic mass is 10.0. The first-order valence-electron chi connectivity index (χ1n) is 13.1. The SMILES string of the molecule is FC(F)c1cc(C(F)(F)F)cc(C(F)(F)F)c1-n1c2ccccc2c2cc(-n3c4ccccc4c4ccccc43)ccc21. The maximum atomic E-state index is 14.4. The number of aromatic nitrogens is 2. The third-order valence-electron chi connectivity index (χ3n) is 7.73. The molecule has 5 aromatic carbocycles. The number of nitrogens with zero attached hydrogens (tertiary/aromatic N) is 2. The third-order valence-corrected chi connectivity index (χ3v) is 7.73. The average Bonchev–Trinajstić information content (AvgIpc) is 3.48. The lowest BCUT2D eigenvalue weighted by Gasteiger charge is -2.22. The van der Waals surface area contributed by atoms with Gasteiger partial charge in [0.2, 0.25) is 0 Å². The Labute approximate surface area is 238 Å². The van der Waals surface area contributed by atoms with Gasteiger partial charge >= 0.3 is 12.4 Å². The van der Waals surface area contributed by atoms with Gasteiger partial charge in [-0.3, -0.25) is 0 Å². The minimum Gasteiger partial charge on any atom is -0.309 e. The van der Waals surface area contributed by atoms with E-state index in [0.29, 0.717) is 16.5 Å². The standard InChI is InChI=1S/C33H18F8N2/c34-31(35)24-15-18(32(36,37)38)16-25(33(39,40)41)30(24)43-28-12-6-3-9-22(28)23-17-19(13-14-29(23)43)42-26-10-4-1-7-20(26)21-8-2-5-11-27(21)42/h1-17,31H. The van der Waals surface area contributed by atoms with Crippen molar-refractivity contribution in [2.75, 3.05) is 0 Å². The molecule has 0 aliphatic heterocycles. The monoisotopic (exact) mass is 594 g/mol. The van der Waals surface area contributed by atoms with Crippen molar-refractivity contribution in [1.82, 2.24) is 9.13 Å². The zero-order chi connectivity index (χ0) is 30.3. The van der Waals surface area contributed by atoms with Crippen molar-refractivity contribution in [3.05, 3.63) is 120 Å². The van der Waals surface area contributed by atoms with Crippen molar-refractivity contribution in [3.63, 3.8) is 0 Å². The Kier molecular flexibility index (Phi) is 5.85. The Balaban J connectivity index is 1.59. The fourth-order valence-corrected chi connectivity index (χ4v) is 5.99. The highest BCUT2D eigenvalue weighted by Gasteiger charge is 2.42. The molecule has 0 spiro atoms. The van der Waals surface area contributed by atoms with Crippen LogP contribution in [-0.4, -0.2) is 9.13 Å². The van der Waals surface area contributed by atoms with Gasteiger partial charge in [0.15, 0.2) is 0 Å². The molecule has 216 valence electrons. The van der Waals surface area contributed by atoms with Crippen molar-refractivity contribution >= 4 is 43.6 Å². The van der Waals surface area contributed by atoms with Crippen molar-refractivity contribution < 1.29 is 35.1 Å². The highest BCUT2D eigenvalue weighted by Crippen LogP contribution is 2.46. The number of benzene rings is 5. The second kappa shape index (κ2) is 9.32. The van der Waals surface area contributed by atoms with Crippen LogP contribution in [0.1, 0.15) is 23.1 Å². The van der Waals surface area contributed by atoms with Gasteiger partial charge in [0.25, 0.3) is 6.43 Å². The molecule has 0 aliphatic carbocycles. The van der Waals surface area contributed by atoms with E-state index in [-0.39, 0.29) is 23.2 Å². The molecule has 0 fully saturated rings. The first-order chi connectivity index (χ1) is 20.4. The summed E-state index contributed by atoms with van der Waals surface area (Å²) in [7, 11) is 0. The number of hydrogen-bond donors (Lipinski definition) is 0. The van der Waals surface area contributed by atoms with E-state index >= 15 is 0 Å². The van der Waals surface area contributed by atoms with Crippen LogP contribution in [0, 0.1) is 0 Å². The van der Waals surface area contributed by atoms with E-state index in [0.717, 1.165) is 26.4 Å². The fourth-order valence-electron chi connectivity index (χ4n) is 5.99. The van der Waals surface area contributed by atoms with Gasteiger partial charge in [0.1, 0.15) is 0 Å². The molecule has 0 bridgehead atoms. The van der Waals surface area contributed by atoms with Crippen molar-refractivity contribution in [1.29, 1.82) is 0 Å².